The van der Waals surface area contributed by atoms with Gasteiger partial charge in [0.1, 0.15) is 17.3 Å². The maximum atomic E-state index is 12.3. The molecule has 0 saturated heterocycles. The van der Waals surface area contributed by atoms with Crippen LogP contribution in [0.15, 0.2) is 47.7 Å². The Balaban J connectivity index is 1.61. The first-order valence-electron chi connectivity index (χ1n) is 9.51. The van der Waals surface area contributed by atoms with Crippen LogP contribution in [-0.2, 0) is 12.5 Å². The molecule has 30 heavy (non-hydrogen) atoms. The highest BCUT2D eigenvalue weighted by Gasteiger charge is 2.21. The number of nitrogens with zero attached hydrogens (tertiary/aromatic N) is 6. The highest BCUT2D eigenvalue weighted by atomic mass is 16.5. The zero-order valence-electron chi connectivity index (χ0n) is 17.5. The van der Waals surface area contributed by atoms with Gasteiger partial charge in [-0.1, -0.05) is 20.8 Å². The number of hydrogen-bond donors (Lipinski definition) is 1. The van der Waals surface area contributed by atoms with Gasteiger partial charge in [-0.2, -0.15) is 9.78 Å². The Labute approximate surface area is 173 Å². The lowest BCUT2D eigenvalue weighted by Crippen LogP contribution is -2.17. The average molecular weight is 405 g/mol. The van der Waals surface area contributed by atoms with Gasteiger partial charge in [0.25, 0.3) is 0 Å². The number of ether oxygens (including phenoxy) is 1. The molecule has 0 aliphatic rings. The van der Waals surface area contributed by atoms with Crippen molar-refractivity contribution in [3.8, 4) is 28.6 Å². The van der Waals surface area contributed by atoms with Crippen molar-refractivity contribution in [2.24, 2.45) is 7.05 Å². The molecule has 0 saturated carbocycles. The summed E-state index contributed by atoms with van der Waals surface area (Å²) < 4.78 is 9.00. The molecule has 0 atom stereocenters. The predicted molar refractivity (Wildman–Crippen MR) is 112 cm³/mol. The van der Waals surface area contributed by atoms with Crippen LogP contribution in [0.2, 0.25) is 0 Å². The Morgan fingerprint density at radius 3 is 2.60 bits per heavy atom. The third-order valence-electron chi connectivity index (χ3n) is 4.53. The molecule has 0 aliphatic carbocycles. The lowest BCUT2D eigenvalue weighted by molar-refractivity contribution is 0.474. The van der Waals surface area contributed by atoms with Crippen LogP contribution in [0.4, 0.5) is 0 Å². The van der Waals surface area contributed by atoms with E-state index in [9.17, 15) is 4.79 Å². The largest absolute Gasteiger partial charge is 0.455 e. The maximum absolute atomic E-state index is 12.3. The minimum atomic E-state index is -0.323. The normalized spacial score (nSPS) is 11.6. The molecule has 0 unspecified atom stereocenters. The molecule has 0 spiro atoms. The number of H-pyrrole nitrogens is 1. The van der Waals surface area contributed by atoms with Crippen LogP contribution < -0.4 is 10.4 Å². The highest BCUT2D eigenvalue weighted by molar-refractivity contribution is 5.58. The first-order chi connectivity index (χ1) is 14.2. The van der Waals surface area contributed by atoms with E-state index >= 15 is 0 Å². The van der Waals surface area contributed by atoms with Crippen molar-refractivity contribution in [3.63, 3.8) is 0 Å². The van der Waals surface area contributed by atoms with E-state index in [1.54, 1.807) is 35.3 Å². The summed E-state index contributed by atoms with van der Waals surface area (Å²) in [5.74, 6) is 2.25. The molecule has 4 aromatic heterocycles. The van der Waals surface area contributed by atoms with Crippen LogP contribution in [0, 0.1) is 6.92 Å². The monoisotopic (exact) mass is 405 g/mol. The van der Waals surface area contributed by atoms with Gasteiger partial charge in [-0.3, -0.25) is 14.6 Å². The molecule has 4 heterocycles. The van der Waals surface area contributed by atoms with Crippen LogP contribution in [0.1, 0.15) is 32.3 Å². The second-order valence-corrected chi connectivity index (χ2v) is 8.08. The molecular weight excluding hydrogens is 382 g/mol. The van der Waals surface area contributed by atoms with Gasteiger partial charge in [0.2, 0.25) is 0 Å². The maximum Gasteiger partial charge on any atom is 0.349 e. The molecule has 0 aromatic carbocycles. The highest BCUT2D eigenvalue weighted by Crippen LogP contribution is 2.27. The molecule has 0 aliphatic heterocycles. The van der Waals surface area contributed by atoms with Crippen molar-refractivity contribution in [3.05, 3.63) is 64.9 Å². The molecule has 0 amide bonds. The molecule has 9 heteroatoms. The van der Waals surface area contributed by atoms with Crippen LogP contribution in [-0.4, -0.2) is 34.5 Å². The molecule has 4 aromatic rings. The van der Waals surface area contributed by atoms with Crippen LogP contribution in [0.25, 0.3) is 17.1 Å². The molecule has 4 rings (SSSR count). The van der Waals surface area contributed by atoms with Crippen molar-refractivity contribution in [2.75, 3.05) is 0 Å². The van der Waals surface area contributed by atoms with Gasteiger partial charge in [0.15, 0.2) is 5.82 Å². The van der Waals surface area contributed by atoms with Crippen LogP contribution in [0.5, 0.6) is 11.5 Å². The number of aromatic nitrogens is 7. The minimum absolute atomic E-state index is 0.268. The van der Waals surface area contributed by atoms with Gasteiger partial charge in [0.05, 0.1) is 17.6 Å². The Morgan fingerprint density at radius 2 is 1.97 bits per heavy atom. The summed E-state index contributed by atoms with van der Waals surface area (Å²) in [6.45, 7) is 7.78. The van der Waals surface area contributed by atoms with E-state index in [0.717, 1.165) is 11.3 Å². The molecule has 154 valence electrons. The van der Waals surface area contributed by atoms with Gasteiger partial charge in [-0.15, -0.1) is 5.10 Å². The van der Waals surface area contributed by atoms with Gasteiger partial charge in [-0.05, 0) is 25.1 Å². The van der Waals surface area contributed by atoms with E-state index in [4.69, 9.17) is 4.74 Å². The van der Waals surface area contributed by atoms with E-state index in [0.29, 0.717) is 28.8 Å². The van der Waals surface area contributed by atoms with Crippen molar-refractivity contribution in [1.82, 2.24) is 34.5 Å². The van der Waals surface area contributed by atoms with Gasteiger partial charge < -0.3 is 4.74 Å². The van der Waals surface area contributed by atoms with Crippen LogP contribution in [0.3, 0.4) is 0 Å². The number of hydrogen-bond acceptors (Lipinski definition) is 6. The standard InChI is InChI=1S/C21H23N7O2/c1-13-17(30-15-8-9-22-16(10-15)14-11-23-27(5)12-14)6-7-18(24-13)28-20(29)25-19(26-28)21(2,3)4/h6-12H,1-5H3,(H,25,26,29). The molecule has 0 fully saturated rings. The van der Waals surface area contributed by atoms with Crippen LogP contribution >= 0.6 is 0 Å². The van der Waals surface area contributed by atoms with Crippen molar-refractivity contribution < 1.29 is 4.74 Å². The summed E-state index contributed by atoms with van der Waals surface area (Å²) in [6.07, 6.45) is 5.33. The number of aromatic amines is 1. The molecule has 0 bridgehead atoms. The lowest BCUT2D eigenvalue weighted by atomic mass is 9.96. The summed E-state index contributed by atoms with van der Waals surface area (Å²) in [7, 11) is 1.86. The molecule has 1 N–H and O–H groups in total. The SMILES string of the molecule is Cc1nc(-n2nc(C(C)(C)C)[nH]c2=O)ccc1Oc1ccnc(-c2cnn(C)c2)c1. The van der Waals surface area contributed by atoms with Gasteiger partial charge in [-0.25, -0.2) is 9.78 Å². The number of pyridine rings is 2. The first-order valence-corrected chi connectivity index (χ1v) is 9.51. The van der Waals surface area contributed by atoms with Crippen molar-refractivity contribution in [1.29, 1.82) is 0 Å². The Kier molecular flexibility index (Phi) is 4.73. The summed E-state index contributed by atoms with van der Waals surface area (Å²) in [6, 6.07) is 7.11. The van der Waals surface area contributed by atoms with E-state index in [1.165, 1.54) is 4.68 Å². The fourth-order valence-corrected chi connectivity index (χ4v) is 2.89. The minimum Gasteiger partial charge on any atom is -0.455 e. The Bertz CT molecular complexity index is 1260. The fraction of sp³-hybridized carbons (Fsp3) is 0.286. The van der Waals surface area contributed by atoms with Crippen molar-refractivity contribution in [2.45, 2.75) is 33.1 Å². The first kappa shape index (κ1) is 19.6. The average Bonchev–Trinajstić information content (AvgIpc) is 3.29. The van der Waals surface area contributed by atoms with E-state index in [1.807, 2.05) is 47.0 Å². The van der Waals surface area contributed by atoms with Gasteiger partial charge in [0, 0.05) is 36.5 Å². The smallest absolute Gasteiger partial charge is 0.349 e. The number of aryl methyl sites for hydroxylation is 2. The number of nitrogens with one attached hydrogen (secondary N) is 1. The van der Waals surface area contributed by atoms with E-state index in [2.05, 4.69) is 25.1 Å². The summed E-state index contributed by atoms with van der Waals surface area (Å²) in [5, 5.41) is 8.56. The zero-order chi connectivity index (χ0) is 21.5. The fourth-order valence-electron chi connectivity index (χ4n) is 2.89. The summed E-state index contributed by atoms with van der Waals surface area (Å²) >= 11 is 0. The van der Waals surface area contributed by atoms with E-state index in [-0.39, 0.29) is 11.1 Å². The lowest BCUT2D eigenvalue weighted by Gasteiger charge is -2.13. The van der Waals surface area contributed by atoms with E-state index < -0.39 is 0 Å². The second-order valence-electron chi connectivity index (χ2n) is 8.08. The molecular formula is C21H23N7O2. The molecule has 9 nitrogen and oxygen atoms in total. The summed E-state index contributed by atoms with van der Waals surface area (Å²) in [4.78, 5) is 24.0. The zero-order valence-corrected chi connectivity index (χ0v) is 17.5. The third kappa shape index (κ3) is 3.86. The Morgan fingerprint density at radius 1 is 1.17 bits per heavy atom. The quantitative estimate of drug-likeness (QED) is 0.559. The Hall–Kier alpha value is -3.75. The topological polar surface area (TPSA) is 104 Å². The second kappa shape index (κ2) is 7.25. The predicted octanol–water partition coefficient (Wildman–Crippen LogP) is 3.15. The number of rotatable bonds is 4. The molecule has 0 radical (unpaired) electrons. The van der Waals surface area contributed by atoms with Crippen molar-refractivity contribution >= 4 is 0 Å². The summed E-state index contributed by atoms with van der Waals surface area (Å²) in [5.41, 5.74) is 1.71. The third-order valence-corrected chi connectivity index (χ3v) is 4.53. The van der Waals surface area contributed by atoms with Gasteiger partial charge >= 0.3 is 5.69 Å².